The van der Waals surface area contributed by atoms with Crippen molar-refractivity contribution in [2.75, 3.05) is 28.6 Å². The molecule has 7 nitrogen and oxygen atoms in total. The number of aromatic nitrogens is 3. The second-order valence-electron chi connectivity index (χ2n) is 7.37. The molecule has 1 aliphatic rings. The van der Waals surface area contributed by atoms with Gasteiger partial charge in [-0.1, -0.05) is 30.3 Å². The molecule has 0 atom stereocenters. The SMILES string of the molecule is FC(F)(Cl)Oc1ccc(Nc2nc(NCc3ccccc3)nc(N3CCCCC3)n2)cc1. The highest BCUT2D eigenvalue weighted by molar-refractivity contribution is 6.20. The Hall–Kier alpha value is -3.20. The highest BCUT2D eigenvalue weighted by atomic mass is 35.5. The van der Waals surface area contributed by atoms with Crippen molar-refractivity contribution in [1.29, 1.82) is 0 Å². The molecule has 0 unspecified atom stereocenters. The van der Waals surface area contributed by atoms with Crippen LogP contribution in [0.4, 0.5) is 32.3 Å². The molecule has 0 aliphatic carbocycles. The summed E-state index contributed by atoms with van der Waals surface area (Å²) < 4.78 is 30.0. The van der Waals surface area contributed by atoms with E-state index in [0.29, 0.717) is 30.1 Å². The van der Waals surface area contributed by atoms with Crippen LogP contribution in [0, 0.1) is 0 Å². The maximum absolute atomic E-state index is 12.8. The average molecular weight is 461 g/mol. The van der Waals surface area contributed by atoms with Gasteiger partial charge in [-0.15, -0.1) is 8.78 Å². The van der Waals surface area contributed by atoms with Gasteiger partial charge in [0.2, 0.25) is 17.8 Å². The van der Waals surface area contributed by atoms with E-state index in [1.165, 1.54) is 18.6 Å². The van der Waals surface area contributed by atoms with E-state index in [2.05, 4.69) is 35.2 Å². The van der Waals surface area contributed by atoms with Crippen LogP contribution in [0.1, 0.15) is 24.8 Å². The topological polar surface area (TPSA) is 75.2 Å². The lowest BCUT2D eigenvalue weighted by Crippen LogP contribution is -2.31. The van der Waals surface area contributed by atoms with Crippen LogP contribution in [-0.2, 0) is 6.54 Å². The zero-order valence-corrected chi connectivity index (χ0v) is 18.0. The number of nitrogens with one attached hydrogen (secondary N) is 2. The van der Waals surface area contributed by atoms with Crippen LogP contribution in [0.25, 0.3) is 0 Å². The van der Waals surface area contributed by atoms with Crippen molar-refractivity contribution in [3.8, 4) is 5.75 Å². The number of benzene rings is 2. The molecule has 1 aromatic heterocycles. The van der Waals surface area contributed by atoms with E-state index >= 15 is 0 Å². The first-order chi connectivity index (χ1) is 15.4. The number of alkyl halides is 3. The molecule has 1 fully saturated rings. The monoisotopic (exact) mass is 460 g/mol. The van der Waals surface area contributed by atoms with Gasteiger partial charge in [0, 0.05) is 36.9 Å². The third kappa shape index (κ3) is 6.40. The van der Waals surface area contributed by atoms with Gasteiger partial charge in [0.1, 0.15) is 5.75 Å². The van der Waals surface area contributed by atoms with Crippen molar-refractivity contribution in [2.24, 2.45) is 0 Å². The Morgan fingerprint density at radius 2 is 1.59 bits per heavy atom. The summed E-state index contributed by atoms with van der Waals surface area (Å²) in [4.78, 5) is 15.8. The Labute approximate surface area is 189 Å². The van der Waals surface area contributed by atoms with Gasteiger partial charge >= 0.3 is 5.57 Å². The summed E-state index contributed by atoms with van der Waals surface area (Å²) in [6, 6.07) is 15.9. The van der Waals surface area contributed by atoms with Crippen LogP contribution in [-0.4, -0.2) is 33.6 Å². The molecule has 4 rings (SSSR count). The molecular weight excluding hydrogens is 438 g/mol. The van der Waals surface area contributed by atoms with Crippen LogP contribution < -0.4 is 20.3 Å². The molecule has 2 heterocycles. The highest BCUT2D eigenvalue weighted by Crippen LogP contribution is 2.27. The Morgan fingerprint density at radius 1 is 0.906 bits per heavy atom. The molecule has 168 valence electrons. The van der Waals surface area contributed by atoms with E-state index in [9.17, 15) is 8.78 Å². The molecular formula is C22H23ClF2N6O. The quantitative estimate of drug-likeness (QED) is 0.437. The minimum atomic E-state index is -3.76. The largest absolute Gasteiger partial charge is 0.487 e. The number of hydrogen-bond donors (Lipinski definition) is 2. The van der Waals surface area contributed by atoms with Gasteiger partial charge in [0.05, 0.1) is 0 Å². The molecule has 3 aromatic rings. The number of halogens is 3. The third-order valence-electron chi connectivity index (χ3n) is 4.90. The lowest BCUT2D eigenvalue weighted by Gasteiger charge is -2.27. The summed E-state index contributed by atoms with van der Waals surface area (Å²) in [6.07, 6.45) is 3.38. The molecule has 0 saturated carbocycles. The van der Waals surface area contributed by atoms with Crippen LogP contribution in [0.15, 0.2) is 54.6 Å². The van der Waals surface area contributed by atoms with Crippen LogP contribution >= 0.6 is 11.6 Å². The summed E-state index contributed by atoms with van der Waals surface area (Å²) >= 11 is 4.81. The fourth-order valence-corrected chi connectivity index (χ4v) is 3.47. The van der Waals surface area contributed by atoms with Crippen molar-refractivity contribution in [1.82, 2.24) is 15.0 Å². The third-order valence-corrected chi connectivity index (χ3v) is 4.98. The van der Waals surface area contributed by atoms with E-state index in [4.69, 9.17) is 11.6 Å². The minimum Gasteiger partial charge on any atom is -0.420 e. The second-order valence-corrected chi connectivity index (χ2v) is 7.81. The lowest BCUT2D eigenvalue weighted by atomic mass is 10.1. The predicted molar refractivity (Wildman–Crippen MR) is 121 cm³/mol. The molecule has 10 heteroatoms. The first-order valence-corrected chi connectivity index (χ1v) is 10.7. The average Bonchev–Trinajstić information content (AvgIpc) is 2.79. The second kappa shape index (κ2) is 9.95. The van der Waals surface area contributed by atoms with Crippen molar-refractivity contribution < 1.29 is 13.5 Å². The van der Waals surface area contributed by atoms with Gasteiger partial charge in [-0.3, -0.25) is 0 Å². The molecule has 1 saturated heterocycles. The van der Waals surface area contributed by atoms with Crippen LogP contribution in [0.2, 0.25) is 0 Å². The van der Waals surface area contributed by atoms with E-state index in [1.807, 2.05) is 30.3 Å². The van der Waals surface area contributed by atoms with Gasteiger partial charge in [-0.2, -0.15) is 15.0 Å². The number of ether oxygens (including phenoxy) is 1. The Kier molecular flexibility index (Phi) is 6.84. The summed E-state index contributed by atoms with van der Waals surface area (Å²) in [5.74, 6) is 1.35. The fourth-order valence-electron chi connectivity index (χ4n) is 3.38. The number of nitrogens with zero attached hydrogens (tertiary/aromatic N) is 4. The summed E-state index contributed by atoms with van der Waals surface area (Å²) in [6.45, 7) is 2.35. The maximum Gasteiger partial charge on any atom is 0.487 e. The maximum atomic E-state index is 12.8. The van der Waals surface area contributed by atoms with Crippen molar-refractivity contribution in [2.45, 2.75) is 31.4 Å². The number of rotatable bonds is 8. The minimum absolute atomic E-state index is 0.0505. The zero-order chi connectivity index (χ0) is 22.4. The van der Waals surface area contributed by atoms with Crippen LogP contribution in [0.3, 0.4) is 0 Å². The van der Waals surface area contributed by atoms with Gasteiger partial charge in [-0.05, 0) is 49.1 Å². The summed E-state index contributed by atoms with van der Waals surface area (Å²) in [5.41, 5.74) is -2.04. The molecule has 1 aliphatic heterocycles. The van der Waals surface area contributed by atoms with E-state index in [0.717, 1.165) is 31.5 Å². The molecule has 0 spiro atoms. The smallest absolute Gasteiger partial charge is 0.420 e. The number of hydrogen-bond acceptors (Lipinski definition) is 7. The Morgan fingerprint density at radius 3 is 2.28 bits per heavy atom. The number of piperidine rings is 1. The standard InChI is InChI=1S/C22H23ClF2N6O/c23-22(24,25)32-18-11-9-17(10-12-18)27-20-28-19(26-15-16-7-3-1-4-8-16)29-21(30-20)31-13-5-2-6-14-31/h1,3-4,7-12H,2,5-6,13-15H2,(H2,26,27,28,29,30). The van der Waals surface area contributed by atoms with Crippen molar-refractivity contribution >= 4 is 35.1 Å². The van der Waals surface area contributed by atoms with Crippen molar-refractivity contribution in [3.05, 3.63) is 60.2 Å². The van der Waals surface area contributed by atoms with Gasteiger partial charge < -0.3 is 20.3 Å². The van der Waals surface area contributed by atoms with Crippen LogP contribution in [0.5, 0.6) is 5.75 Å². The molecule has 0 radical (unpaired) electrons. The zero-order valence-electron chi connectivity index (χ0n) is 17.3. The highest BCUT2D eigenvalue weighted by Gasteiger charge is 2.27. The molecule has 2 aromatic carbocycles. The Bertz CT molecular complexity index is 1010. The van der Waals surface area contributed by atoms with Gasteiger partial charge in [0.25, 0.3) is 0 Å². The molecule has 32 heavy (non-hydrogen) atoms. The first-order valence-electron chi connectivity index (χ1n) is 10.4. The summed E-state index contributed by atoms with van der Waals surface area (Å²) in [7, 11) is 0. The normalized spacial score (nSPS) is 14.2. The van der Waals surface area contributed by atoms with Gasteiger partial charge in [0.15, 0.2) is 0 Å². The molecule has 0 amide bonds. The molecule has 0 bridgehead atoms. The predicted octanol–water partition coefficient (Wildman–Crippen LogP) is 5.39. The fraction of sp³-hybridized carbons (Fsp3) is 0.318. The van der Waals surface area contributed by atoms with E-state index in [-0.39, 0.29) is 5.75 Å². The molecule has 2 N–H and O–H groups in total. The summed E-state index contributed by atoms with van der Waals surface area (Å²) in [5, 5.41) is 6.36. The van der Waals surface area contributed by atoms with Crippen molar-refractivity contribution in [3.63, 3.8) is 0 Å². The lowest BCUT2D eigenvalue weighted by molar-refractivity contribution is -0.0964. The first kappa shape index (κ1) is 22.0. The van der Waals surface area contributed by atoms with Gasteiger partial charge in [-0.25, -0.2) is 0 Å². The number of anilines is 4. The Balaban J connectivity index is 1.53. The van der Waals surface area contributed by atoms with E-state index in [1.54, 1.807) is 12.1 Å². The van der Waals surface area contributed by atoms with E-state index < -0.39 is 5.57 Å².